The van der Waals surface area contributed by atoms with E-state index in [9.17, 15) is 9.59 Å². The van der Waals surface area contributed by atoms with Crippen LogP contribution in [-0.4, -0.2) is 25.5 Å². The van der Waals surface area contributed by atoms with Crippen LogP contribution in [0.4, 0.5) is 0 Å². The first-order valence-electron chi connectivity index (χ1n) is 9.06. The second kappa shape index (κ2) is 9.60. The number of benzene rings is 1. The SMILES string of the molecule is C=C(/C=C/c1c(C)cc2c(c1OC)C(=O)OCC2=O)NCc1ccco1.CC. The highest BCUT2D eigenvalue weighted by atomic mass is 16.5. The van der Waals surface area contributed by atoms with Crippen LogP contribution in [-0.2, 0) is 11.3 Å². The van der Waals surface area contributed by atoms with Crippen LogP contribution >= 0.6 is 0 Å². The number of hydrogen-bond donors (Lipinski definition) is 1. The molecule has 2 heterocycles. The molecule has 6 nitrogen and oxygen atoms in total. The van der Waals surface area contributed by atoms with Crippen LogP contribution in [0, 0.1) is 6.92 Å². The summed E-state index contributed by atoms with van der Waals surface area (Å²) in [6.45, 7) is 10.1. The Morgan fingerprint density at radius 1 is 1.36 bits per heavy atom. The molecule has 0 saturated carbocycles. The molecule has 0 bridgehead atoms. The topological polar surface area (TPSA) is 77.8 Å². The van der Waals surface area contributed by atoms with Crippen LogP contribution in [0.15, 0.2) is 47.2 Å². The molecule has 0 amide bonds. The largest absolute Gasteiger partial charge is 0.495 e. The monoisotopic (exact) mass is 383 g/mol. The van der Waals surface area contributed by atoms with Crippen molar-refractivity contribution in [1.82, 2.24) is 5.32 Å². The molecule has 1 aromatic carbocycles. The maximum absolute atomic E-state index is 12.1. The van der Waals surface area contributed by atoms with Gasteiger partial charge in [-0.1, -0.05) is 20.4 Å². The molecular weight excluding hydrogens is 358 g/mol. The van der Waals surface area contributed by atoms with Gasteiger partial charge in [0.1, 0.15) is 17.1 Å². The highest BCUT2D eigenvalue weighted by Gasteiger charge is 2.31. The molecule has 1 aliphatic rings. The van der Waals surface area contributed by atoms with Gasteiger partial charge in [-0.25, -0.2) is 4.79 Å². The molecule has 0 unspecified atom stereocenters. The first-order chi connectivity index (χ1) is 13.5. The summed E-state index contributed by atoms with van der Waals surface area (Å²) in [5.74, 6) is 0.332. The maximum atomic E-state index is 12.1. The van der Waals surface area contributed by atoms with Gasteiger partial charge < -0.3 is 19.2 Å². The van der Waals surface area contributed by atoms with Crippen molar-refractivity contribution in [3.8, 4) is 5.75 Å². The second-order valence-electron chi connectivity index (χ2n) is 5.85. The molecule has 1 aliphatic heterocycles. The van der Waals surface area contributed by atoms with Gasteiger partial charge in [-0.2, -0.15) is 0 Å². The Morgan fingerprint density at radius 3 is 2.75 bits per heavy atom. The third-order valence-corrected chi connectivity index (χ3v) is 4.09. The zero-order valence-corrected chi connectivity index (χ0v) is 16.6. The summed E-state index contributed by atoms with van der Waals surface area (Å²) in [5.41, 5.74) is 2.68. The van der Waals surface area contributed by atoms with E-state index >= 15 is 0 Å². The summed E-state index contributed by atoms with van der Waals surface area (Å²) in [6, 6.07) is 5.37. The number of aryl methyl sites for hydroxylation is 1. The minimum Gasteiger partial charge on any atom is -0.495 e. The summed E-state index contributed by atoms with van der Waals surface area (Å²) in [6.07, 6.45) is 5.17. The molecule has 148 valence electrons. The number of furan rings is 1. The van der Waals surface area contributed by atoms with Gasteiger partial charge in [-0.05, 0) is 42.8 Å². The van der Waals surface area contributed by atoms with E-state index in [-0.39, 0.29) is 18.0 Å². The van der Waals surface area contributed by atoms with Gasteiger partial charge in [0.2, 0.25) is 5.78 Å². The number of rotatable bonds is 6. The predicted molar refractivity (Wildman–Crippen MR) is 107 cm³/mol. The van der Waals surface area contributed by atoms with Crippen LogP contribution in [0.25, 0.3) is 6.08 Å². The van der Waals surface area contributed by atoms with Crippen molar-refractivity contribution in [3.63, 3.8) is 0 Å². The van der Waals surface area contributed by atoms with E-state index in [1.165, 1.54) is 7.11 Å². The van der Waals surface area contributed by atoms with Gasteiger partial charge in [0.05, 0.1) is 19.9 Å². The minimum atomic E-state index is -0.555. The number of cyclic esters (lactones) is 1. The van der Waals surface area contributed by atoms with Crippen molar-refractivity contribution in [3.05, 3.63) is 70.8 Å². The van der Waals surface area contributed by atoms with Crippen LogP contribution in [0.2, 0.25) is 0 Å². The van der Waals surface area contributed by atoms with Gasteiger partial charge >= 0.3 is 5.97 Å². The molecule has 0 atom stereocenters. The molecule has 0 fully saturated rings. The van der Waals surface area contributed by atoms with E-state index in [0.29, 0.717) is 29.1 Å². The second-order valence-corrected chi connectivity index (χ2v) is 5.85. The van der Waals surface area contributed by atoms with E-state index in [1.54, 1.807) is 24.5 Å². The molecule has 0 saturated heterocycles. The summed E-state index contributed by atoms with van der Waals surface area (Å²) in [5, 5.41) is 3.13. The fourth-order valence-electron chi connectivity index (χ4n) is 2.78. The van der Waals surface area contributed by atoms with Gasteiger partial charge in [0, 0.05) is 16.8 Å². The normalized spacial score (nSPS) is 12.7. The first-order valence-corrected chi connectivity index (χ1v) is 9.06. The molecule has 0 radical (unpaired) electrons. The third kappa shape index (κ3) is 4.52. The quantitative estimate of drug-likeness (QED) is 0.592. The summed E-state index contributed by atoms with van der Waals surface area (Å²) in [7, 11) is 1.46. The predicted octanol–water partition coefficient (Wildman–Crippen LogP) is 4.29. The Labute approximate surface area is 164 Å². The summed E-state index contributed by atoms with van der Waals surface area (Å²) >= 11 is 0. The Hall–Kier alpha value is -3.28. The Morgan fingerprint density at radius 2 is 2.11 bits per heavy atom. The van der Waals surface area contributed by atoms with E-state index in [4.69, 9.17) is 13.9 Å². The van der Waals surface area contributed by atoms with E-state index in [2.05, 4.69) is 11.9 Å². The number of fused-ring (bicyclic) bond motifs is 1. The fourth-order valence-corrected chi connectivity index (χ4v) is 2.78. The van der Waals surface area contributed by atoms with Gasteiger partial charge in [-0.15, -0.1) is 0 Å². The van der Waals surface area contributed by atoms with Crippen molar-refractivity contribution in [2.45, 2.75) is 27.3 Å². The van der Waals surface area contributed by atoms with E-state index in [1.807, 2.05) is 32.9 Å². The van der Waals surface area contributed by atoms with Crippen molar-refractivity contribution < 1.29 is 23.5 Å². The Bertz CT molecular complexity index is 894. The number of ketones is 1. The molecule has 1 aromatic heterocycles. The molecule has 0 aliphatic carbocycles. The summed E-state index contributed by atoms with van der Waals surface area (Å²) < 4.78 is 15.6. The third-order valence-electron chi connectivity index (χ3n) is 4.09. The number of carbonyl (C=O) groups is 2. The smallest absolute Gasteiger partial charge is 0.343 e. The van der Waals surface area contributed by atoms with Crippen LogP contribution in [0.5, 0.6) is 5.75 Å². The fraction of sp³-hybridized carbons (Fsp3) is 0.273. The lowest BCUT2D eigenvalue weighted by Gasteiger charge is -2.20. The summed E-state index contributed by atoms with van der Waals surface area (Å²) in [4.78, 5) is 24.2. The van der Waals surface area contributed by atoms with Crippen LogP contribution in [0.1, 0.15) is 51.5 Å². The number of esters is 1. The average Bonchev–Trinajstić information content (AvgIpc) is 3.22. The van der Waals surface area contributed by atoms with E-state index in [0.717, 1.165) is 11.3 Å². The molecule has 0 spiro atoms. The van der Waals surface area contributed by atoms with Gasteiger partial charge in [0.25, 0.3) is 0 Å². The molecule has 2 aromatic rings. The zero-order valence-electron chi connectivity index (χ0n) is 16.6. The lowest BCUT2D eigenvalue weighted by Crippen LogP contribution is -2.25. The highest BCUT2D eigenvalue weighted by molar-refractivity contribution is 6.13. The molecule has 1 N–H and O–H groups in total. The molecule has 6 heteroatoms. The van der Waals surface area contributed by atoms with Crippen LogP contribution < -0.4 is 10.1 Å². The Balaban J connectivity index is 0.00000136. The maximum Gasteiger partial charge on any atom is 0.343 e. The van der Waals surface area contributed by atoms with Gasteiger partial charge in [0.15, 0.2) is 6.61 Å². The highest BCUT2D eigenvalue weighted by Crippen LogP contribution is 2.34. The number of nitrogens with one attached hydrogen (secondary N) is 1. The zero-order chi connectivity index (χ0) is 20.7. The molecular formula is C22H25NO5. The standard InChI is InChI=1S/C20H19NO5.C2H6/c1-12-9-16-17(22)11-26-20(23)18(16)19(24-3)15(12)7-6-13(2)21-10-14-5-4-8-25-14;1-2/h4-9,21H,2,10-11H2,1,3H3;1-2H3/b7-6+;. The molecule has 3 rings (SSSR count). The van der Waals surface area contributed by atoms with Crippen molar-refractivity contribution >= 4 is 17.8 Å². The minimum absolute atomic E-state index is 0.170. The average molecular weight is 383 g/mol. The lowest BCUT2D eigenvalue weighted by molar-refractivity contribution is 0.0439. The van der Waals surface area contributed by atoms with E-state index < -0.39 is 5.97 Å². The Kier molecular flexibility index (Phi) is 7.21. The number of carbonyl (C=O) groups excluding carboxylic acids is 2. The number of methoxy groups -OCH3 is 1. The number of hydrogen-bond acceptors (Lipinski definition) is 6. The van der Waals surface area contributed by atoms with Crippen LogP contribution in [0.3, 0.4) is 0 Å². The van der Waals surface area contributed by atoms with Crippen molar-refractivity contribution in [2.24, 2.45) is 0 Å². The number of ether oxygens (including phenoxy) is 2. The number of allylic oxidation sites excluding steroid dienone is 1. The van der Waals surface area contributed by atoms with Crippen molar-refractivity contribution in [1.29, 1.82) is 0 Å². The number of Topliss-reactive ketones (excluding diaryl/α,β-unsaturated/α-hetero) is 1. The van der Waals surface area contributed by atoms with Crippen molar-refractivity contribution in [2.75, 3.05) is 13.7 Å². The first kappa shape index (κ1) is 21.0. The molecule has 28 heavy (non-hydrogen) atoms. The lowest BCUT2D eigenvalue weighted by atomic mass is 9.93. The van der Waals surface area contributed by atoms with Gasteiger partial charge in [-0.3, -0.25) is 4.79 Å².